The van der Waals surface area contributed by atoms with Crippen molar-refractivity contribution in [1.29, 1.82) is 0 Å². The highest BCUT2D eigenvalue weighted by atomic mass is 32.1. The zero-order valence-electron chi connectivity index (χ0n) is 33.5. The van der Waals surface area contributed by atoms with Gasteiger partial charge in [-0.05, 0) is 64.0 Å². The van der Waals surface area contributed by atoms with E-state index in [4.69, 9.17) is 15.1 Å². The van der Waals surface area contributed by atoms with Crippen molar-refractivity contribution in [2.24, 2.45) is 0 Å². The van der Waals surface area contributed by atoms with Gasteiger partial charge in [-0.15, -0.1) is 11.3 Å². The second-order valence-corrected chi connectivity index (χ2v) is 16.6. The first kappa shape index (κ1) is 35.9. The van der Waals surface area contributed by atoms with Crippen LogP contribution in [0, 0.1) is 0 Å². The van der Waals surface area contributed by atoms with Gasteiger partial charge in [-0.3, -0.25) is 0 Å². The highest BCUT2D eigenvalue weighted by Gasteiger charge is 2.22. The lowest BCUT2D eigenvalue weighted by Gasteiger charge is -2.13. The summed E-state index contributed by atoms with van der Waals surface area (Å²) in [5.74, 6) is 0.683. The summed E-state index contributed by atoms with van der Waals surface area (Å²) in [6.07, 6.45) is 0. The average Bonchev–Trinajstić information content (AvgIpc) is 3.95. The third-order valence-electron chi connectivity index (χ3n) is 11.8. The molecule has 0 aliphatic heterocycles. The number of hydrogen-bond donors (Lipinski definition) is 0. The predicted molar refractivity (Wildman–Crippen MR) is 260 cm³/mol. The summed E-state index contributed by atoms with van der Waals surface area (Å²) in [7, 11) is 0. The summed E-state index contributed by atoms with van der Waals surface area (Å²) < 4.78 is 4.74. The first-order valence-corrected chi connectivity index (χ1v) is 21.7. The fraction of sp³-hybridized carbons (Fsp3) is 0. The third kappa shape index (κ3) is 6.18. The lowest BCUT2D eigenvalue weighted by Crippen LogP contribution is -1.98. The minimum absolute atomic E-state index is 0.683. The molecular formula is C57H36N4S. The standard InChI is InChI=1S/C57H36N4S/c1-5-16-37(17-6-1)48-34-42-32-33-43(35-49(42)55-53(48)54(40-18-7-2-8-19-40)60-61(55)44-22-11-4-12-23-44)51-36-50(58-57(59-51)41-20-9-3-10-21-41)39-30-28-38(29-31-39)45-25-15-26-47-46-24-13-14-27-52(46)62-56(45)47/h1-36H. The molecule has 5 heteroatoms. The van der Waals surface area contributed by atoms with E-state index in [1.807, 2.05) is 29.5 Å². The van der Waals surface area contributed by atoms with Crippen molar-refractivity contribution in [3.63, 3.8) is 0 Å². The Morgan fingerprint density at radius 3 is 1.71 bits per heavy atom. The molecule has 3 heterocycles. The van der Waals surface area contributed by atoms with Crippen molar-refractivity contribution in [2.45, 2.75) is 0 Å². The Balaban J connectivity index is 1.05. The van der Waals surface area contributed by atoms with E-state index in [0.717, 1.165) is 77.8 Å². The molecule has 290 valence electrons. The van der Waals surface area contributed by atoms with Crippen LogP contribution in [0.5, 0.6) is 0 Å². The molecule has 0 bridgehead atoms. The van der Waals surface area contributed by atoms with Gasteiger partial charge in [-0.1, -0.05) is 182 Å². The fourth-order valence-corrected chi connectivity index (χ4v) is 10.1. The number of benzene rings is 9. The van der Waals surface area contributed by atoms with E-state index >= 15 is 0 Å². The molecule has 0 saturated carbocycles. The first-order valence-electron chi connectivity index (χ1n) is 20.9. The van der Waals surface area contributed by atoms with E-state index < -0.39 is 0 Å². The summed E-state index contributed by atoms with van der Waals surface area (Å²) in [6, 6.07) is 77.2. The maximum atomic E-state index is 5.42. The Hall–Kier alpha value is -7.99. The van der Waals surface area contributed by atoms with Gasteiger partial charge in [0.1, 0.15) is 5.69 Å². The summed E-state index contributed by atoms with van der Waals surface area (Å²) in [6.45, 7) is 0. The minimum atomic E-state index is 0.683. The van der Waals surface area contributed by atoms with Gasteiger partial charge in [0, 0.05) is 53.2 Å². The number of para-hydroxylation sites is 1. The maximum Gasteiger partial charge on any atom is 0.160 e. The van der Waals surface area contributed by atoms with Crippen LogP contribution in [0.1, 0.15) is 0 Å². The van der Waals surface area contributed by atoms with E-state index in [9.17, 15) is 0 Å². The van der Waals surface area contributed by atoms with Crippen LogP contribution < -0.4 is 0 Å². The van der Waals surface area contributed by atoms with Gasteiger partial charge in [-0.2, -0.15) is 5.10 Å². The molecule has 0 saturated heterocycles. The molecular weight excluding hydrogens is 773 g/mol. The highest BCUT2D eigenvalue weighted by Crippen LogP contribution is 2.44. The largest absolute Gasteiger partial charge is 0.232 e. The second-order valence-electron chi connectivity index (χ2n) is 15.6. The van der Waals surface area contributed by atoms with Crippen LogP contribution in [-0.4, -0.2) is 19.7 Å². The van der Waals surface area contributed by atoms with Crippen LogP contribution in [0.4, 0.5) is 0 Å². The molecule has 0 fully saturated rings. The SMILES string of the molecule is c1ccc(-c2nc(-c3ccc(-c4cccc5c4sc4ccccc45)cc3)cc(-c3ccc4cc(-c5ccccc5)c5c(-c6ccccc6)nn(-c6ccccc6)c5c4c3)n2)cc1. The van der Waals surface area contributed by atoms with Crippen LogP contribution >= 0.6 is 11.3 Å². The van der Waals surface area contributed by atoms with Crippen LogP contribution in [0.15, 0.2) is 218 Å². The van der Waals surface area contributed by atoms with Crippen molar-refractivity contribution in [3.05, 3.63) is 218 Å². The molecule has 0 N–H and O–H groups in total. The quantitative estimate of drug-likeness (QED) is 0.161. The fourth-order valence-electron chi connectivity index (χ4n) is 8.85. The maximum absolute atomic E-state index is 5.42. The van der Waals surface area contributed by atoms with Crippen LogP contribution in [-0.2, 0) is 0 Å². The lowest BCUT2D eigenvalue weighted by atomic mass is 9.92. The van der Waals surface area contributed by atoms with E-state index in [0.29, 0.717) is 5.82 Å². The number of fused-ring (bicyclic) bond motifs is 6. The first-order chi connectivity index (χ1) is 30.7. The Labute approximate surface area is 362 Å². The second kappa shape index (κ2) is 14.9. The molecule has 0 spiro atoms. The van der Waals surface area contributed by atoms with E-state index in [2.05, 4.69) is 205 Å². The number of rotatable bonds is 7. The highest BCUT2D eigenvalue weighted by molar-refractivity contribution is 7.26. The number of aromatic nitrogens is 4. The Morgan fingerprint density at radius 2 is 0.968 bits per heavy atom. The van der Waals surface area contributed by atoms with Gasteiger partial charge in [0.05, 0.1) is 22.6 Å². The molecule has 0 radical (unpaired) electrons. The smallest absolute Gasteiger partial charge is 0.160 e. The summed E-state index contributed by atoms with van der Waals surface area (Å²) in [5, 5.41) is 11.4. The Kier molecular flexibility index (Phi) is 8.65. The Morgan fingerprint density at radius 1 is 0.387 bits per heavy atom. The van der Waals surface area contributed by atoms with Crippen LogP contribution in [0.3, 0.4) is 0 Å². The predicted octanol–water partition coefficient (Wildman–Crippen LogP) is 15.3. The van der Waals surface area contributed by atoms with Gasteiger partial charge in [0.2, 0.25) is 0 Å². The molecule has 0 amide bonds. The Bertz CT molecular complexity index is 3600. The molecule has 0 aliphatic rings. The normalized spacial score (nSPS) is 11.5. The van der Waals surface area contributed by atoms with Gasteiger partial charge >= 0.3 is 0 Å². The number of thiophene rings is 1. The van der Waals surface area contributed by atoms with Gasteiger partial charge in [0.25, 0.3) is 0 Å². The average molecular weight is 809 g/mol. The zero-order chi connectivity index (χ0) is 41.0. The van der Waals surface area contributed by atoms with E-state index in [1.54, 1.807) is 0 Å². The van der Waals surface area contributed by atoms with Crippen molar-refractivity contribution in [3.8, 4) is 73.1 Å². The van der Waals surface area contributed by atoms with Gasteiger partial charge in [0.15, 0.2) is 5.82 Å². The molecule has 12 aromatic rings. The number of nitrogens with zero attached hydrogens (tertiary/aromatic N) is 4. The monoisotopic (exact) mass is 808 g/mol. The van der Waals surface area contributed by atoms with Gasteiger partial charge < -0.3 is 0 Å². The summed E-state index contributed by atoms with van der Waals surface area (Å²) in [4.78, 5) is 10.5. The molecule has 0 aliphatic carbocycles. The summed E-state index contributed by atoms with van der Waals surface area (Å²) in [5.41, 5.74) is 13.5. The van der Waals surface area contributed by atoms with Crippen LogP contribution in [0.2, 0.25) is 0 Å². The third-order valence-corrected chi connectivity index (χ3v) is 13.1. The van der Waals surface area contributed by atoms with E-state index in [-0.39, 0.29) is 0 Å². The van der Waals surface area contributed by atoms with Gasteiger partial charge in [-0.25, -0.2) is 14.6 Å². The molecule has 0 unspecified atom stereocenters. The van der Waals surface area contributed by atoms with Crippen molar-refractivity contribution in [2.75, 3.05) is 0 Å². The minimum Gasteiger partial charge on any atom is -0.232 e. The molecule has 3 aromatic heterocycles. The molecule has 9 aromatic carbocycles. The lowest BCUT2D eigenvalue weighted by molar-refractivity contribution is 0.918. The number of hydrogen-bond acceptors (Lipinski definition) is 4. The molecule has 62 heavy (non-hydrogen) atoms. The summed E-state index contributed by atoms with van der Waals surface area (Å²) >= 11 is 1.86. The van der Waals surface area contributed by atoms with E-state index in [1.165, 1.54) is 31.3 Å². The topological polar surface area (TPSA) is 43.6 Å². The van der Waals surface area contributed by atoms with Crippen molar-refractivity contribution in [1.82, 2.24) is 19.7 Å². The molecule has 0 atom stereocenters. The molecule has 12 rings (SSSR count). The van der Waals surface area contributed by atoms with Crippen LogP contribution in [0.25, 0.3) is 115 Å². The zero-order valence-corrected chi connectivity index (χ0v) is 34.3. The van der Waals surface area contributed by atoms with Crippen molar-refractivity contribution < 1.29 is 0 Å². The van der Waals surface area contributed by atoms with Crippen molar-refractivity contribution >= 4 is 53.2 Å². The molecule has 4 nitrogen and oxygen atoms in total.